The van der Waals surface area contributed by atoms with Crippen LogP contribution in [0.25, 0.3) is 0 Å². The lowest BCUT2D eigenvalue weighted by Crippen LogP contribution is -2.28. The summed E-state index contributed by atoms with van der Waals surface area (Å²) in [4.78, 5) is 4.48. The predicted octanol–water partition coefficient (Wildman–Crippen LogP) is 6.11. The molecule has 0 aromatic heterocycles. The molecule has 1 saturated heterocycles. The van der Waals surface area contributed by atoms with E-state index in [1.807, 2.05) is 0 Å². The lowest BCUT2D eigenvalue weighted by molar-refractivity contribution is 0.697. The Bertz CT molecular complexity index is 805. The van der Waals surface area contributed by atoms with Crippen molar-refractivity contribution in [2.24, 2.45) is 0 Å². The number of hydrogen-bond acceptors (Lipinski definition) is 3. The molecule has 0 spiro atoms. The zero-order valence-electron chi connectivity index (χ0n) is 16.8. The van der Waals surface area contributed by atoms with Gasteiger partial charge in [-0.25, -0.2) is 0 Å². The van der Waals surface area contributed by atoms with Crippen molar-refractivity contribution in [2.75, 3.05) is 23.0 Å². The molecule has 1 aliphatic rings. The van der Waals surface area contributed by atoms with E-state index in [0.717, 1.165) is 6.67 Å². The van der Waals surface area contributed by atoms with Crippen molar-refractivity contribution in [2.45, 2.75) is 41.5 Å². The summed E-state index contributed by atoms with van der Waals surface area (Å²) in [6, 6.07) is 8.88. The first-order chi connectivity index (χ1) is 12.7. The van der Waals surface area contributed by atoms with Gasteiger partial charge in [0.25, 0.3) is 0 Å². The van der Waals surface area contributed by atoms with Gasteiger partial charge in [-0.15, -0.1) is 0 Å². The van der Waals surface area contributed by atoms with Crippen LogP contribution in [-0.2, 0) is 3.84 Å². The number of amidine groups is 1. The summed E-state index contributed by atoms with van der Waals surface area (Å²) < 4.78 is 3.19. The van der Waals surface area contributed by atoms with Gasteiger partial charge >= 0.3 is 0 Å². The Morgan fingerprint density at radius 1 is 0.778 bits per heavy atom. The summed E-state index contributed by atoms with van der Waals surface area (Å²) in [6.07, 6.45) is 0. The normalized spacial score (nSPS) is 13.7. The largest absolute Gasteiger partial charge is 0.346 e. The third kappa shape index (κ3) is 4.75. The molecule has 1 aliphatic heterocycles. The maximum absolute atomic E-state index is 8.54. The summed E-state index contributed by atoms with van der Waals surface area (Å²) in [6.45, 7) is 14.3. The fraction of sp³-hybridized carbons (Fsp3) is 0.381. The van der Waals surface area contributed by atoms with Crippen molar-refractivity contribution in [3.8, 4) is 0 Å². The maximum atomic E-state index is 8.54. The first kappa shape index (κ1) is 21.5. The van der Waals surface area contributed by atoms with Crippen molar-refractivity contribution >= 4 is 40.9 Å². The SMILES string of the molecule is Cc1cc(C)c(N2CC(=N)N(c3c(C)cc(C)cc3C)C2)c(C)c1.ClOCl. The monoisotopic (exact) mass is 407 g/mol. The second-order valence-corrected chi connectivity index (χ2v) is 7.73. The molecular formula is C21H27Cl2N3O. The number of aryl methyl sites for hydroxylation is 6. The molecule has 0 atom stereocenters. The number of halogens is 2. The molecule has 1 N–H and O–H groups in total. The second kappa shape index (κ2) is 8.96. The standard InChI is InChI=1S/C21H27N3.Cl2O/c1-13-7-15(3)20(16(4)8-13)23-11-19(22)24(12-23)21-17(5)9-14(2)10-18(21)6;1-3-2/h7-10,22H,11-12H2,1-6H3;. The number of nitrogens with zero attached hydrogens (tertiary/aromatic N) is 2. The molecule has 0 amide bonds. The van der Waals surface area contributed by atoms with Gasteiger partial charge in [-0.3, -0.25) is 5.41 Å². The van der Waals surface area contributed by atoms with Crippen LogP contribution in [0.3, 0.4) is 0 Å². The van der Waals surface area contributed by atoms with E-state index in [4.69, 9.17) is 5.41 Å². The van der Waals surface area contributed by atoms with Crippen molar-refractivity contribution < 1.29 is 3.84 Å². The van der Waals surface area contributed by atoms with E-state index < -0.39 is 0 Å². The average Bonchev–Trinajstić information content (AvgIpc) is 2.87. The Hall–Kier alpha value is -1.75. The first-order valence-corrected chi connectivity index (χ1v) is 9.46. The molecule has 146 valence electrons. The minimum atomic E-state index is 0.664. The molecule has 0 unspecified atom stereocenters. The number of hydrogen-bond donors (Lipinski definition) is 1. The van der Waals surface area contributed by atoms with Crippen LogP contribution in [0, 0.1) is 47.0 Å². The molecule has 0 radical (unpaired) electrons. The van der Waals surface area contributed by atoms with Gasteiger partial charge in [0, 0.05) is 11.4 Å². The Kier molecular flexibility index (Phi) is 7.15. The average molecular weight is 408 g/mol. The zero-order valence-corrected chi connectivity index (χ0v) is 18.3. The third-order valence-electron chi connectivity index (χ3n) is 4.84. The van der Waals surface area contributed by atoms with E-state index >= 15 is 0 Å². The molecule has 2 aromatic carbocycles. The van der Waals surface area contributed by atoms with Gasteiger partial charge in [-0.05, 0) is 63.8 Å². The summed E-state index contributed by atoms with van der Waals surface area (Å²) >= 11 is 8.53. The molecular weight excluding hydrogens is 381 g/mol. The van der Waals surface area contributed by atoms with Gasteiger partial charge < -0.3 is 9.80 Å². The molecule has 1 fully saturated rings. The first-order valence-electron chi connectivity index (χ1n) is 8.84. The number of anilines is 2. The summed E-state index contributed by atoms with van der Waals surface area (Å²) in [7, 11) is 0. The van der Waals surface area contributed by atoms with Crippen molar-refractivity contribution in [3.63, 3.8) is 0 Å². The van der Waals surface area contributed by atoms with Gasteiger partial charge in [0.15, 0.2) is 0 Å². The van der Waals surface area contributed by atoms with Gasteiger partial charge in [0.1, 0.15) is 5.84 Å². The quantitative estimate of drug-likeness (QED) is 0.652. The predicted molar refractivity (Wildman–Crippen MR) is 117 cm³/mol. The Morgan fingerprint density at radius 2 is 1.15 bits per heavy atom. The fourth-order valence-corrected chi connectivity index (χ4v) is 4.20. The summed E-state index contributed by atoms with van der Waals surface area (Å²) in [5.74, 6) is 0.671. The van der Waals surface area contributed by atoms with Crippen LogP contribution >= 0.6 is 23.7 Å². The molecule has 0 saturated carbocycles. The van der Waals surface area contributed by atoms with E-state index in [9.17, 15) is 0 Å². The Balaban J connectivity index is 0.000000817. The van der Waals surface area contributed by atoms with Gasteiger partial charge in [0.2, 0.25) is 0 Å². The zero-order chi connectivity index (χ0) is 20.3. The van der Waals surface area contributed by atoms with Crippen LogP contribution in [0.5, 0.6) is 0 Å². The van der Waals surface area contributed by atoms with Crippen molar-refractivity contribution in [3.05, 3.63) is 57.6 Å². The molecule has 0 aliphatic carbocycles. The van der Waals surface area contributed by atoms with Crippen LogP contribution in [0.4, 0.5) is 11.4 Å². The highest BCUT2D eigenvalue weighted by Crippen LogP contribution is 2.33. The Morgan fingerprint density at radius 3 is 1.56 bits per heavy atom. The number of nitrogens with one attached hydrogen (secondary N) is 1. The molecule has 3 rings (SSSR count). The van der Waals surface area contributed by atoms with E-state index in [0.29, 0.717) is 12.4 Å². The summed E-state index contributed by atoms with van der Waals surface area (Å²) in [5, 5.41) is 8.54. The highest BCUT2D eigenvalue weighted by atomic mass is 35.6. The smallest absolute Gasteiger partial charge is 0.122 e. The van der Waals surface area contributed by atoms with Crippen LogP contribution in [0.15, 0.2) is 24.3 Å². The minimum Gasteiger partial charge on any atom is -0.346 e. The van der Waals surface area contributed by atoms with Gasteiger partial charge in [-0.1, -0.05) is 35.4 Å². The number of rotatable bonds is 2. The van der Waals surface area contributed by atoms with E-state index in [1.54, 1.807) is 0 Å². The maximum Gasteiger partial charge on any atom is 0.122 e. The lowest BCUT2D eigenvalue weighted by atomic mass is 10.0. The highest BCUT2D eigenvalue weighted by molar-refractivity contribution is 6.24. The van der Waals surface area contributed by atoms with E-state index in [-0.39, 0.29) is 0 Å². The Labute approximate surface area is 172 Å². The van der Waals surface area contributed by atoms with Crippen molar-refractivity contribution in [1.82, 2.24) is 0 Å². The van der Waals surface area contributed by atoms with E-state index in [1.165, 1.54) is 44.8 Å². The van der Waals surface area contributed by atoms with Crippen LogP contribution in [0.2, 0.25) is 0 Å². The molecule has 0 bridgehead atoms. The highest BCUT2D eigenvalue weighted by Gasteiger charge is 2.29. The molecule has 6 heteroatoms. The molecule has 27 heavy (non-hydrogen) atoms. The van der Waals surface area contributed by atoms with Crippen LogP contribution in [0.1, 0.15) is 33.4 Å². The van der Waals surface area contributed by atoms with E-state index in [2.05, 4.69) is 103 Å². The van der Waals surface area contributed by atoms with Crippen LogP contribution in [-0.4, -0.2) is 19.0 Å². The second-order valence-electron chi connectivity index (χ2n) is 7.27. The van der Waals surface area contributed by atoms with Crippen LogP contribution < -0.4 is 9.80 Å². The van der Waals surface area contributed by atoms with Crippen molar-refractivity contribution in [1.29, 1.82) is 5.41 Å². The molecule has 1 heterocycles. The fourth-order valence-electron chi connectivity index (χ4n) is 4.20. The summed E-state index contributed by atoms with van der Waals surface area (Å²) in [5.41, 5.74) is 10.1. The van der Waals surface area contributed by atoms with Gasteiger partial charge in [0.05, 0.1) is 36.9 Å². The third-order valence-corrected chi connectivity index (χ3v) is 4.84. The molecule has 2 aromatic rings. The van der Waals surface area contributed by atoms with Gasteiger partial charge in [-0.2, -0.15) is 3.84 Å². The lowest BCUT2D eigenvalue weighted by Gasteiger charge is -2.26. The molecule has 4 nitrogen and oxygen atoms in total. The number of benzene rings is 2. The minimum absolute atomic E-state index is 0.664. The topological polar surface area (TPSA) is 39.6 Å².